The SMILES string of the molecule is O=C(NCCC1CCOC1)Nc1cc(Br)cc(C(=O)O)c1. The number of carbonyl (C=O) groups excluding carboxylic acids is 1. The van der Waals surface area contributed by atoms with E-state index >= 15 is 0 Å². The van der Waals surface area contributed by atoms with Crippen LogP contribution in [0.4, 0.5) is 10.5 Å². The van der Waals surface area contributed by atoms with Gasteiger partial charge in [-0.25, -0.2) is 9.59 Å². The number of anilines is 1. The van der Waals surface area contributed by atoms with E-state index in [-0.39, 0.29) is 11.6 Å². The Morgan fingerprint density at radius 1 is 1.38 bits per heavy atom. The Balaban J connectivity index is 1.82. The van der Waals surface area contributed by atoms with Gasteiger partial charge in [-0.05, 0) is 37.0 Å². The third-order valence-corrected chi connectivity index (χ3v) is 3.72. The summed E-state index contributed by atoms with van der Waals surface area (Å²) in [7, 11) is 0. The lowest BCUT2D eigenvalue weighted by atomic mass is 10.1. The van der Waals surface area contributed by atoms with Crippen LogP contribution in [-0.2, 0) is 4.74 Å². The second-order valence-electron chi connectivity index (χ2n) is 4.93. The van der Waals surface area contributed by atoms with Gasteiger partial charge in [0.05, 0.1) is 5.56 Å². The number of ether oxygens (including phenoxy) is 1. The molecule has 0 aromatic heterocycles. The van der Waals surface area contributed by atoms with Crippen LogP contribution in [0.25, 0.3) is 0 Å². The van der Waals surface area contributed by atoms with Crippen LogP contribution >= 0.6 is 15.9 Å². The molecule has 1 fully saturated rings. The standard InChI is InChI=1S/C14H17BrN2O4/c15-11-5-10(13(18)19)6-12(7-11)17-14(20)16-3-1-9-2-4-21-8-9/h5-7,9H,1-4,8H2,(H,18,19)(H2,16,17,20). The number of carboxylic acids is 1. The van der Waals surface area contributed by atoms with Gasteiger partial charge in [-0.15, -0.1) is 0 Å². The fourth-order valence-electron chi connectivity index (χ4n) is 2.16. The molecule has 0 aliphatic carbocycles. The van der Waals surface area contributed by atoms with E-state index in [1.807, 2.05) is 0 Å². The van der Waals surface area contributed by atoms with E-state index in [1.54, 1.807) is 6.07 Å². The van der Waals surface area contributed by atoms with Gasteiger partial charge in [0, 0.05) is 29.9 Å². The summed E-state index contributed by atoms with van der Waals surface area (Å²) in [6.45, 7) is 2.13. The molecule has 2 rings (SSSR count). The molecule has 3 N–H and O–H groups in total. The Bertz CT molecular complexity index is 530. The van der Waals surface area contributed by atoms with Crippen LogP contribution in [0, 0.1) is 5.92 Å². The van der Waals surface area contributed by atoms with Crippen LogP contribution in [0.3, 0.4) is 0 Å². The predicted octanol–water partition coefficient (Wildman–Crippen LogP) is 2.70. The molecular weight excluding hydrogens is 340 g/mol. The predicted molar refractivity (Wildman–Crippen MR) is 81.7 cm³/mol. The molecule has 7 heteroatoms. The van der Waals surface area contributed by atoms with Crippen LogP contribution in [0.2, 0.25) is 0 Å². The minimum absolute atomic E-state index is 0.114. The number of hydrogen-bond donors (Lipinski definition) is 3. The molecule has 1 aliphatic rings. The van der Waals surface area contributed by atoms with Crippen molar-refractivity contribution in [2.75, 3.05) is 25.1 Å². The van der Waals surface area contributed by atoms with Crippen LogP contribution < -0.4 is 10.6 Å². The van der Waals surface area contributed by atoms with Crippen LogP contribution in [0.5, 0.6) is 0 Å². The lowest BCUT2D eigenvalue weighted by molar-refractivity contribution is 0.0697. The number of aromatic carboxylic acids is 1. The number of carbonyl (C=O) groups is 2. The van der Waals surface area contributed by atoms with Gasteiger partial charge in [0.1, 0.15) is 0 Å². The Hall–Kier alpha value is -1.60. The molecule has 1 atom stereocenters. The van der Waals surface area contributed by atoms with Gasteiger partial charge >= 0.3 is 12.0 Å². The lowest BCUT2D eigenvalue weighted by Crippen LogP contribution is -2.30. The molecule has 2 amide bonds. The summed E-state index contributed by atoms with van der Waals surface area (Å²) in [5.41, 5.74) is 0.547. The third-order valence-electron chi connectivity index (χ3n) is 3.26. The molecule has 114 valence electrons. The molecular formula is C14H17BrN2O4. The van der Waals surface area contributed by atoms with Gasteiger partial charge < -0.3 is 20.5 Å². The quantitative estimate of drug-likeness (QED) is 0.756. The van der Waals surface area contributed by atoms with Gasteiger partial charge in [-0.2, -0.15) is 0 Å². The van der Waals surface area contributed by atoms with Crippen molar-refractivity contribution in [1.82, 2.24) is 5.32 Å². The monoisotopic (exact) mass is 356 g/mol. The first-order valence-electron chi connectivity index (χ1n) is 6.71. The zero-order chi connectivity index (χ0) is 15.2. The smallest absolute Gasteiger partial charge is 0.335 e. The van der Waals surface area contributed by atoms with Crippen molar-refractivity contribution in [3.05, 3.63) is 28.2 Å². The average molecular weight is 357 g/mol. The van der Waals surface area contributed by atoms with E-state index in [1.165, 1.54) is 12.1 Å². The van der Waals surface area contributed by atoms with Crippen LogP contribution in [-0.4, -0.2) is 36.9 Å². The van der Waals surface area contributed by atoms with E-state index in [2.05, 4.69) is 26.6 Å². The highest BCUT2D eigenvalue weighted by Crippen LogP contribution is 2.20. The lowest BCUT2D eigenvalue weighted by Gasteiger charge is -2.10. The normalized spacial score (nSPS) is 17.5. The van der Waals surface area contributed by atoms with E-state index in [9.17, 15) is 9.59 Å². The second-order valence-corrected chi connectivity index (χ2v) is 5.85. The average Bonchev–Trinajstić information content (AvgIpc) is 2.91. The van der Waals surface area contributed by atoms with Crippen molar-refractivity contribution in [1.29, 1.82) is 0 Å². The second kappa shape index (κ2) is 7.42. The highest BCUT2D eigenvalue weighted by molar-refractivity contribution is 9.10. The summed E-state index contributed by atoms with van der Waals surface area (Å²) in [5.74, 6) is -0.532. The molecule has 1 aromatic rings. The third kappa shape index (κ3) is 5.02. The fraction of sp³-hybridized carbons (Fsp3) is 0.429. The summed E-state index contributed by atoms with van der Waals surface area (Å²) in [4.78, 5) is 22.7. The van der Waals surface area contributed by atoms with Crippen molar-refractivity contribution in [3.8, 4) is 0 Å². The maximum Gasteiger partial charge on any atom is 0.335 e. The number of carboxylic acid groups (broad SMARTS) is 1. The number of urea groups is 1. The molecule has 1 unspecified atom stereocenters. The molecule has 1 saturated heterocycles. The van der Waals surface area contributed by atoms with Gasteiger partial charge in [0.2, 0.25) is 0 Å². The largest absolute Gasteiger partial charge is 0.478 e. The summed E-state index contributed by atoms with van der Waals surface area (Å²) in [5, 5.41) is 14.4. The van der Waals surface area contributed by atoms with Crippen molar-refractivity contribution >= 4 is 33.6 Å². The molecule has 1 heterocycles. The summed E-state index contributed by atoms with van der Waals surface area (Å²) >= 11 is 3.22. The van der Waals surface area contributed by atoms with E-state index < -0.39 is 5.97 Å². The van der Waals surface area contributed by atoms with Crippen LogP contribution in [0.15, 0.2) is 22.7 Å². The Kier molecular flexibility index (Phi) is 5.58. The molecule has 0 saturated carbocycles. The summed E-state index contributed by atoms with van der Waals surface area (Å²) in [6, 6.07) is 4.20. The van der Waals surface area contributed by atoms with Gasteiger partial charge in [-0.1, -0.05) is 15.9 Å². The van der Waals surface area contributed by atoms with Gasteiger partial charge in [0.25, 0.3) is 0 Å². The van der Waals surface area contributed by atoms with Gasteiger partial charge in [-0.3, -0.25) is 0 Å². The zero-order valence-electron chi connectivity index (χ0n) is 11.4. The highest BCUT2D eigenvalue weighted by atomic mass is 79.9. The minimum Gasteiger partial charge on any atom is -0.478 e. The Morgan fingerprint density at radius 3 is 2.86 bits per heavy atom. The fourth-order valence-corrected chi connectivity index (χ4v) is 2.65. The summed E-state index contributed by atoms with van der Waals surface area (Å²) < 4.78 is 5.87. The number of amides is 2. The Labute approximate surface area is 131 Å². The van der Waals surface area contributed by atoms with Crippen molar-refractivity contribution in [2.24, 2.45) is 5.92 Å². The molecule has 0 radical (unpaired) electrons. The molecule has 0 bridgehead atoms. The number of rotatable bonds is 5. The number of nitrogens with one attached hydrogen (secondary N) is 2. The first-order valence-corrected chi connectivity index (χ1v) is 7.50. The summed E-state index contributed by atoms with van der Waals surface area (Å²) in [6.07, 6.45) is 1.92. The maximum absolute atomic E-state index is 11.8. The van der Waals surface area contributed by atoms with Gasteiger partial charge in [0.15, 0.2) is 0 Å². The molecule has 0 spiro atoms. The molecule has 1 aromatic carbocycles. The van der Waals surface area contributed by atoms with Crippen molar-refractivity contribution in [2.45, 2.75) is 12.8 Å². The van der Waals surface area contributed by atoms with Crippen LogP contribution in [0.1, 0.15) is 23.2 Å². The number of benzene rings is 1. The topological polar surface area (TPSA) is 87.7 Å². The molecule has 21 heavy (non-hydrogen) atoms. The van der Waals surface area contributed by atoms with Crippen molar-refractivity contribution in [3.63, 3.8) is 0 Å². The first kappa shape index (κ1) is 15.8. The number of halogens is 1. The maximum atomic E-state index is 11.8. The zero-order valence-corrected chi connectivity index (χ0v) is 13.0. The number of hydrogen-bond acceptors (Lipinski definition) is 3. The Morgan fingerprint density at radius 2 is 2.19 bits per heavy atom. The highest BCUT2D eigenvalue weighted by Gasteiger charge is 2.15. The van der Waals surface area contributed by atoms with E-state index in [0.29, 0.717) is 22.6 Å². The van der Waals surface area contributed by atoms with E-state index in [0.717, 1.165) is 26.1 Å². The van der Waals surface area contributed by atoms with E-state index in [4.69, 9.17) is 9.84 Å². The first-order chi connectivity index (χ1) is 10.0. The minimum atomic E-state index is -1.04. The van der Waals surface area contributed by atoms with Crippen molar-refractivity contribution < 1.29 is 19.4 Å². The molecule has 1 aliphatic heterocycles. The molecule has 6 nitrogen and oxygen atoms in total.